The molecule has 3 rings (SSSR count). The molecule has 1 aromatic carbocycles. The molecule has 0 saturated carbocycles. The molecule has 0 unspecified atom stereocenters. The van der Waals surface area contributed by atoms with Crippen LogP contribution >= 0.6 is 0 Å². The first-order valence-electron chi connectivity index (χ1n) is 6.70. The number of hydrogen-bond acceptors (Lipinski definition) is 6. The van der Waals surface area contributed by atoms with E-state index in [1.165, 1.54) is 0 Å². The van der Waals surface area contributed by atoms with E-state index in [1.807, 2.05) is 0 Å². The lowest BCUT2D eigenvalue weighted by molar-refractivity contribution is -0.832. The molecule has 7 nitrogen and oxygen atoms in total. The molecule has 0 spiro atoms. The third-order valence-corrected chi connectivity index (χ3v) is 5.85. The summed E-state index contributed by atoms with van der Waals surface area (Å²) in [7, 11) is -3.77. The second kappa shape index (κ2) is 5.45. The molecular weight excluding hydrogens is 294 g/mol. The minimum Gasteiger partial charge on any atom is -0.358 e. The van der Waals surface area contributed by atoms with Crippen molar-refractivity contribution in [2.24, 2.45) is 0 Å². The Morgan fingerprint density at radius 3 is 2.57 bits per heavy atom. The van der Waals surface area contributed by atoms with Gasteiger partial charge < -0.3 is 10.5 Å². The molecule has 0 aliphatic carbocycles. The summed E-state index contributed by atoms with van der Waals surface area (Å²) in [5.41, 5.74) is 0.618. The van der Waals surface area contributed by atoms with Gasteiger partial charge >= 0.3 is 5.03 Å². The number of rotatable bonds is 3. The molecule has 1 aromatic heterocycles. The molecule has 8 heteroatoms. The fourth-order valence-corrected chi connectivity index (χ4v) is 4.35. The van der Waals surface area contributed by atoms with Crippen LogP contribution in [-0.4, -0.2) is 31.9 Å². The van der Waals surface area contributed by atoms with Gasteiger partial charge in [-0.3, -0.25) is 4.63 Å². The number of hydrogen-bond donors (Lipinski definition) is 1. The van der Waals surface area contributed by atoms with Crippen LogP contribution in [0, 0.1) is 5.21 Å². The first kappa shape index (κ1) is 14.0. The number of benzene rings is 1. The van der Waals surface area contributed by atoms with E-state index in [4.69, 9.17) is 0 Å². The Hall–Kier alpha value is -1.93. The van der Waals surface area contributed by atoms with Crippen LogP contribution in [0.2, 0.25) is 0 Å². The predicted molar refractivity (Wildman–Crippen MR) is 74.0 cm³/mol. The van der Waals surface area contributed by atoms with Gasteiger partial charge in [0.15, 0.2) is 0 Å². The Morgan fingerprint density at radius 1 is 1.24 bits per heavy atom. The van der Waals surface area contributed by atoms with Gasteiger partial charge in [-0.15, -0.1) is 0 Å². The van der Waals surface area contributed by atoms with Crippen LogP contribution in [-0.2, 0) is 9.84 Å². The van der Waals surface area contributed by atoms with Gasteiger partial charge in [0, 0.05) is 10.7 Å². The molecule has 2 aromatic rings. The maximum Gasteiger partial charge on any atom is 0.317 e. The highest BCUT2D eigenvalue weighted by Gasteiger charge is 2.39. The lowest BCUT2D eigenvalue weighted by Crippen LogP contribution is -2.40. The van der Waals surface area contributed by atoms with E-state index in [1.54, 1.807) is 30.3 Å². The normalized spacial score (nSPS) is 17.0. The molecule has 1 aliphatic heterocycles. The van der Waals surface area contributed by atoms with Crippen molar-refractivity contribution in [2.75, 3.05) is 13.1 Å². The van der Waals surface area contributed by atoms with Crippen molar-refractivity contribution in [2.45, 2.75) is 23.1 Å². The van der Waals surface area contributed by atoms with Crippen LogP contribution in [0.25, 0.3) is 11.3 Å². The molecule has 21 heavy (non-hydrogen) atoms. The average Bonchev–Trinajstić information content (AvgIpc) is 2.91. The summed E-state index contributed by atoms with van der Waals surface area (Å²) < 4.78 is 30.0. The van der Waals surface area contributed by atoms with Crippen molar-refractivity contribution in [3.05, 3.63) is 35.5 Å². The van der Waals surface area contributed by atoms with Gasteiger partial charge in [0.2, 0.25) is 9.84 Å². The monoisotopic (exact) mass is 309 g/mol. The zero-order valence-corrected chi connectivity index (χ0v) is 12.0. The van der Waals surface area contributed by atoms with E-state index in [2.05, 4.69) is 15.1 Å². The van der Waals surface area contributed by atoms with Crippen LogP contribution < -0.4 is 10.2 Å². The van der Waals surface area contributed by atoms with Gasteiger partial charge in [-0.05, 0) is 30.8 Å². The van der Waals surface area contributed by atoms with Crippen molar-refractivity contribution < 1.29 is 17.9 Å². The van der Waals surface area contributed by atoms with Crippen molar-refractivity contribution >= 4 is 9.84 Å². The van der Waals surface area contributed by atoms with Gasteiger partial charge in [0.05, 0.1) is 5.25 Å². The molecule has 1 fully saturated rings. The summed E-state index contributed by atoms with van der Waals surface area (Å²) in [6, 6.07) is 8.69. The van der Waals surface area contributed by atoms with Crippen molar-refractivity contribution in [1.29, 1.82) is 0 Å². The Morgan fingerprint density at radius 2 is 1.90 bits per heavy atom. The summed E-state index contributed by atoms with van der Waals surface area (Å²) in [5.74, 6) is 0. The number of nitrogens with zero attached hydrogens (tertiary/aromatic N) is 2. The molecule has 1 saturated heterocycles. The maximum atomic E-state index is 12.7. The summed E-state index contributed by atoms with van der Waals surface area (Å²) >= 11 is 0. The largest absolute Gasteiger partial charge is 0.358 e. The topological polar surface area (TPSA) is 99.1 Å². The summed E-state index contributed by atoms with van der Waals surface area (Å²) in [6.07, 6.45) is 0.948. The lowest BCUT2D eigenvalue weighted by atomic mass is 10.2. The number of nitrogens with one attached hydrogen (secondary N) is 1. The average molecular weight is 309 g/mol. The molecule has 0 bridgehead atoms. The third-order valence-electron chi connectivity index (χ3n) is 3.62. The number of sulfone groups is 1. The molecule has 0 radical (unpaired) electrons. The minimum absolute atomic E-state index is 0.000297. The third kappa shape index (κ3) is 2.52. The van der Waals surface area contributed by atoms with Gasteiger partial charge in [0.1, 0.15) is 0 Å². The van der Waals surface area contributed by atoms with E-state index in [0.29, 0.717) is 31.5 Å². The molecule has 1 aliphatic rings. The fraction of sp³-hybridized carbons (Fsp3) is 0.385. The van der Waals surface area contributed by atoms with Gasteiger partial charge in [0.25, 0.3) is 5.69 Å². The van der Waals surface area contributed by atoms with Crippen LogP contribution in [0.5, 0.6) is 0 Å². The van der Waals surface area contributed by atoms with E-state index >= 15 is 0 Å². The summed E-state index contributed by atoms with van der Waals surface area (Å²) in [4.78, 5) is -0.000297. The number of piperidine rings is 1. The second-order valence-electron chi connectivity index (χ2n) is 4.94. The molecule has 0 amide bonds. The smallest absolute Gasteiger partial charge is 0.317 e. The highest BCUT2D eigenvalue weighted by atomic mass is 32.2. The Balaban J connectivity index is 2.08. The van der Waals surface area contributed by atoms with Crippen molar-refractivity contribution in [3.63, 3.8) is 0 Å². The fourth-order valence-electron chi connectivity index (χ4n) is 2.51. The standard InChI is InChI=1S/C13H15N3O4S/c17-16-13(21(18,19)11-6-8-14-9-7-11)12(15-20-16)10-4-2-1-3-5-10/h1-5,11,14H,6-9H2. The Labute approximate surface area is 122 Å². The van der Waals surface area contributed by atoms with Crippen LogP contribution in [0.3, 0.4) is 0 Å². The zero-order chi connectivity index (χ0) is 14.9. The lowest BCUT2D eigenvalue weighted by Gasteiger charge is -2.21. The van der Waals surface area contributed by atoms with E-state index in [-0.39, 0.29) is 15.6 Å². The van der Waals surface area contributed by atoms with Gasteiger partial charge in [-0.2, -0.15) is 0 Å². The molecule has 2 heterocycles. The van der Waals surface area contributed by atoms with Crippen LogP contribution in [0.4, 0.5) is 0 Å². The maximum absolute atomic E-state index is 12.7. The van der Waals surface area contributed by atoms with Crippen molar-refractivity contribution in [3.8, 4) is 11.3 Å². The highest BCUT2D eigenvalue weighted by molar-refractivity contribution is 7.92. The van der Waals surface area contributed by atoms with Crippen LogP contribution in [0.1, 0.15) is 12.8 Å². The number of aromatic nitrogens is 2. The first-order chi connectivity index (χ1) is 10.1. The quantitative estimate of drug-likeness (QED) is 0.829. The zero-order valence-electron chi connectivity index (χ0n) is 11.2. The predicted octanol–water partition coefficient (Wildman–Crippen LogP) is 0.501. The molecular formula is C13H15N3O4S. The first-order valence-corrected chi connectivity index (χ1v) is 8.25. The Kier molecular flexibility index (Phi) is 3.64. The molecule has 112 valence electrons. The van der Waals surface area contributed by atoms with Gasteiger partial charge in [-0.25, -0.2) is 8.42 Å². The SMILES string of the molecule is O=S(=O)(c1c(-c2ccccc2)no[n+]1[O-])C1CCNCC1. The molecule has 1 N–H and O–H groups in total. The van der Waals surface area contributed by atoms with E-state index < -0.39 is 15.1 Å². The summed E-state index contributed by atoms with van der Waals surface area (Å²) in [6.45, 7) is 1.24. The van der Waals surface area contributed by atoms with E-state index in [0.717, 1.165) is 0 Å². The van der Waals surface area contributed by atoms with Crippen LogP contribution in [0.15, 0.2) is 40.0 Å². The van der Waals surface area contributed by atoms with Gasteiger partial charge in [-0.1, -0.05) is 30.3 Å². The highest BCUT2D eigenvalue weighted by Crippen LogP contribution is 2.28. The second-order valence-corrected chi connectivity index (χ2v) is 7.09. The summed E-state index contributed by atoms with van der Waals surface area (Å²) in [5, 5.41) is 17.6. The molecule has 0 atom stereocenters. The minimum atomic E-state index is -3.77. The van der Waals surface area contributed by atoms with E-state index in [9.17, 15) is 13.6 Å². The Bertz CT molecular complexity index is 721. The van der Waals surface area contributed by atoms with Crippen molar-refractivity contribution in [1.82, 2.24) is 10.5 Å².